The molecule has 140 valence electrons. The number of carbonyl (C=O) groups excluding carboxylic acids is 1. The van der Waals surface area contributed by atoms with Crippen molar-refractivity contribution in [3.05, 3.63) is 0 Å². The molecule has 0 bridgehead atoms. The summed E-state index contributed by atoms with van der Waals surface area (Å²) in [7, 11) is 0. The molecule has 0 aromatic heterocycles. The molecule has 1 N–H and O–H groups in total. The maximum Gasteiger partial charge on any atom is 0.302 e. The van der Waals surface area contributed by atoms with Gasteiger partial charge in [0.25, 0.3) is 0 Å². The van der Waals surface area contributed by atoms with Gasteiger partial charge in [0, 0.05) is 18.3 Å². The summed E-state index contributed by atoms with van der Waals surface area (Å²) in [4.78, 5) is 11.5. The molecule has 4 aliphatic rings. The molecule has 4 nitrogen and oxygen atoms in total. The van der Waals surface area contributed by atoms with Gasteiger partial charge in [0.1, 0.15) is 6.10 Å². The van der Waals surface area contributed by atoms with Gasteiger partial charge in [-0.25, -0.2) is 0 Å². The summed E-state index contributed by atoms with van der Waals surface area (Å²) in [5.74, 6) is 2.52. The monoisotopic (exact) mass is 347 g/mol. The van der Waals surface area contributed by atoms with Crippen LogP contribution in [-0.4, -0.2) is 23.0 Å². The van der Waals surface area contributed by atoms with E-state index in [2.05, 4.69) is 19.0 Å². The highest BCUT2D eigenvalue weighted by Crippen LogP contribution is 2.66. The first-order valence-electron chi connectivity index (χ1n) is 10.3. The number of oxime groups is 1. The van der Waals surface area contributed by atoms with Crippen molar-refractivity contribution in [2.45, 2.75) is 84.7 Å². The quantitative estimate of drug-likeness (QED) is 0.421. The van der Waals surface area contributed by atoms with Crippen LogP contribution >= 0.6 is 0 Å². The van der Waals surface area contributed by atoms with Crippen LogP contribution in [0.4, 0.5) is 0 Å². The molecular formula is C21H33NO3. The third-order valence-electron chi connectivity index (χ3n) is 8.77. The Morgan fingerprint density at radius 1 is 1.08 bits per heavy atom. The van der Waals surface area contributed by atoms with E-state index >= 15 is 0 Å². The summed E-state index contributed by atoms with van der Waals surface area (Å²) in [6, 6.07) is 0. The van der Waals surface area contributed by atoms with Gasteiger partial charge in [-0.15, -0.1) is 0 Å². The molecule has 4 fully saturated rings. The number of rotatable bonds is 1. The van der Waals surface area contributed by atoms with Crippen molar-refractivity contribution in [3.63, 3.8) is 0 Å². The Kier molecular flexibility index (Phi) is 4.16. The van der Waals surface area contributed by atoms with E-state index in [1.807, 2.05) is 0 Å². The summed E-state index contributed by atoms with van der Waals surface area (Å²) in [5, 5.41) is 13.2. The fourth-order valence-electron chi connectivity index (χ4n) is 7.65. The van der Waals surface area contributed by atoms with E-state index in [0.717, 1.165) is 36.8 Å². The molecule has 0 radical (unpaired) electrons. The van der Waals surface area contributed by atoms with Gasteiger partial charge < -0.3 is 9.94 Å². The van der Waals surface area contributed by atoms with Gasteiger partial charge in [-0.05, 0) is 81.0 Å². The van der Waals surface area contributed by atoms with E-state index < -0.39 is 0 Å². The normalized spacial score (nSPS) is 50.7. The summed E-state index contributed by atoms with van der Waals surface area (Å²) in [5.41, 5.74) is 1.52. The lowest BCUT2D eigenvalue weighted by Gasteiger charge is -2.60. The molecule has 0 aliphatic heterocycles. The van der Waals surface area contributed by atoms with Gasteiger partial charge >= 0.3 is 5.97 Å². The summed E-state index contributed by atoms with van der Waals surface area (Å²) < 4.78 is 5.74. The molecule has 0 amide bonds. The van der Waals surface area contributed by atoms with Crippen molar-refractivity contribution in [2.24, 2.45) is 39.7 Å². The molecule has 4 aliphatic carbocycles. The van der Waals surface area contributed by atoms with Gasteiger partial charge in [0.15, 0.2) is 0 Å². The highest BCUT2D eigenvalue weighted by Gasteiger charge is 2.61. The van der Waals surface area contributed by atoms with Crippen LogP contribution in [0.2, 0.25) is 0 Å². The van der Waals surface area contributed by atoms with Crippen molar-refractivity contribution in [1.29, 1.82) is 0 Å². The van der Waals surface area contributed by atoms with E-state index in [4.69, 9.17) is 4.74 Å². The summed E-state index contributed by atoms with van der Waals surface area (Å²) in [6.07, 6.45) is 10.6. The molecule has 25 heavy (non-hydrogen) atoms. The SMILES string of the molecule is CC(=O)O[C@H]1CC[C@H]2[C@@H]3CC[C@H]4C(=NO)CCC[C@]4(C)[C@H]3CC[C@]12C. The minimum atomic E-state index is -0.124. The molecule has 0 aromatic rings. The lowest BCUT2D eigenvalue weighted by atomic mass is 9.45. The molecule has 0 heterocycles. The third-order valence-corrected chi connectivity index (χ3v) is 8.77. The maximum atomic E-state index is 11.5. The number of fused-ring (bicyclic) bond motifs is 5. The first-order valence-corrected chi connectivity index (χ1v) is 10.3. The molecule has 0 spiro atoms. The van der Waals surface area contributed by atoms with Crippen molar-refractivity contribution in [2.75, 3.05) is 0 Å². The molecular weight excluding hydrogens is 314 g/mol. The van der Waals surface area contributed by atoms with Gasteiger partial charge in [-0.3, -0.25) is 4.79 Å². The zero-order valence-corrected chi connectivity index (χ0v) is 16.0. The zero-order valence-electron chi connectivity index (χ0n) is 16.0. The zero-order chi connectivity index (χ0) is 17.8. The van der Waals surface area contributed by atoms with Crippen molar-refractivity contribution in [1.82, 2.24) is 0 Å². The molecule has 0 unspecified atom stereocenters. The average molecular weight is 347 g/mol. The van der Waals surface area contributed by atoms with Crippen LogP contribution in [0.15, 0.2) is 5.16 Å². The molecule has 4 heteroatoms. The number of ether oxygens (including phenoxy) is 1. The largest absolute Gasteiger partial charge is 0.462 e. The molecule has 0 aromatic carbocycles. The number of esters is 1. The number of nitrogens with zero attached hydrogens (tertiary/aromatic N) is 1. The fraction of sp³-hybridized carbons (Fsp3) is 0.905. The minimum absolute atomic E-state index is 0.113. The standard InChI is InChI=1S/C21H33NO3/c1-13(23)25-19-9-8-15-14-6-7-17-18(22-24)5-4-11-20(17,2)16(14)10-12-21(15,19)3/h14-17,19,24H,4-12H2,1-3H3/t14-,15-,16-,17-,19-,20+,21-/m0/s1. The van der Waals surface area contributed by atoms with Crippen molar-refractivity contribution < 1.29 is 14.7 Å². The molecule has 4 rings (SSSR count). The number of hydrogen-bond acceptors (Lipinski definition) is 4. The topological polar surface area (TPSA) is 58.9 Å². The lowest BCUT2D eigenvalue weighted by Crippen LogP contribution is -2.55. The summed E-state index contributed by atoms with van der Waals surface area (Å²) in [6.45, 7) is 6.40. The maximum absolute atomic E-state index is 11.5. The smallest absolute Gasteiger partial charge is 0.302 e. The predicted molar refractivity (Wildman–Crippen MR) is 96.5 cm³/mol. The predicted octanol–water partition coefficient (Wildman–Crippen LogP) is 4.79. The Morgan fingerprint density at radius 3 is 2.56 bits per heavy atom. The highest BCUT2D eigenvalue weighted by molar-refractivity contribution is 5.87. The van der Waals surface area contributed by atoms with Crippen LogP contribution in [0.3, 0.4) is 0 Å². The second-order valence-electron chi connectivity index (χ2n) is 9.68. The number of carbonyl (C=O) groups is 1. The van der Waals surface area contributed by atoms with Gasteiger partial charge in [0.05, 0.1) is 5.71 Å². The summed E-state index contributed by atoms with van der Waals surface area (Å²) >= 11 is 0. The lowest BCUT2D eigenvalue weighted by molar-refractivity contribution is -0.159. The Morgan fingerprint density at radius 2 is 1.84 bits per heavy atom. The van der Waals surface area contributed by atoms with Crippen LogP contribution in [0.1, 0.15) is 78.6 Å². The average Bonchev–Trinajstić information content (AvgIpc) is 2.89. The van der Waals surface area contributed by atoms with E-state index in [1.54, 1.807) is 6.92 Å². The van der Waals surface area contributed by atoms with E-state index in [-0.39, 0.29) is 17.5 Å². The molecule has 0 saturated heterocycles. The molecule has 4 saturated carbocycles. The first kappa shape index (κ1) is 17.4. The minimum Gasteiger partial charge on any atom is -0.462 e. The van der Waals surface area contributed by atoms with Crippen molar-refractivity contribution >= 4 is 11.7 Å². The van der Waals surface area contributed by atoms with Gasteiger partial charge in [0.2, 0.25) is 0 Å². The number of hydrogen-bond donors (Lipinski definition) is 1. The third kappa shape index (κ3) is 2.46. The fourth-order valence-corrected chi connectivity index (χ4v) is 7.65. The van der Waals surface area contributed by atoms with Crippen LogP contribution < -0.4 is 0 Å². The highest BCUT2D eigenvalue weighted by atomic mass is 16.5. The Balaban J connectivity index is 1.61. The Hall–Kier alpha value is -1.06. The van der Waals surface area contributed by atoms with Crippen LogP contribution in [0.5, 0.6) is 0 Å². The van der Waals surface area contributed by atoms with E-state index in [1.165, 1.54) is 38.5 Å². The first-order chi connectivity index (χ1) is 11.9. The van der Waals surface area contributed by atoms with E-state index in [9.17, 15) is 10.0 Å². The second kappa shape index (κ2) is 5.99. The van der Waals surface area contributed by atoms with Crippen LogP contribution in [-0.2, 0) is 9.53 Å². The van der Waals surface area contributed by atoms with E-state index in [0.29, 0.717) is 17.3 Å². The van der Waals surface area contributed by atoms with Crippen LogP contribution in [0.25, 0.3) is 0 Å². The van der Waals surface area contributed by atoms with Gasteiger partial charge in [-0.2, -0.15) is 0 Å². The Bertz CT molecular complexity index is 588. The van der Waals surface area contributed by atoms with Gasteiger partial charge in [-0.1, -0.05) is 19.0 Å². The van der Waals surface area contributed by atoms with Crippen LogP contribution in [0, 0.1) is 34.5 Å². The van der Waals surface area contributed by atoms with Crippen molar-refractivity contribution in [3.8, 4) is 0 Å². The second-order valence-corrected chi connectivity index (χ2v) is 9.68. The molecule has 7 atom stereocenters. The Labute approximate surface area is 151 Å².